The van der Waals surface area contributed by atoms with Crippen LogP contribution in [0.2, 0.25) is 0 Å². The first-order chi connectivity index (χ1) is 11.3. The van der Waals surface area contributed by atoms with E-state index in [0.717, 1.165) is 38.1 Å². The summed E-state index contributed by atoms with van der Waals surface area (Å²) in [6.07, 6.45) is 4.14. The van der Waals surface area contributed by atoms with E-state index in [1.807, 2.05) is 18.2 Å². The highest BCUT2D eigenvalue weighted by molar-refractivity contribution is 5.85. The summed E-state index contributed by atoms with van der Waals surface area (Å²) in [7, 11) is 0. The second-order valence-electron chi connectivity index (χ2n) is 6.85. The maximum Gasteiger partial charge on any atom is 0.226 e. The molecule has 2 aliphatic rings. The van der Waals surface area contributed by atoms with Gasteiger partial charge in [0.05, 0.1) is 12.0 Å². The number of halogens is 1. The van der Waals surface area contributed by atoms with Gasteiger partial charge in [0.1, 0.15) is 0 Å². The first-order valence-corrected chi connectivity index (χ1v) is 8.93. The molecule has 0 saturated carbocycles. The zero-order valence-corrected chi connectivity index (χ0v) is 15.2. The third kappa shape index (κ3) is 4.71. The lowest BCUT2D eigenvalue weighted by Gasteiger charge is -2.34. The zero-order chi connectivity index (χ0) is 16.1. The Balaban J connectivity index is 0.00000208. The zero-order valence-electron chi connectivity index (χ0n) is 14.4. The summed E-state index contributed by atoms with van der Waals surface area (Å²) in [4.78, 5) is 12.8. The second kappa shape index (κ2) is 9.40. The van der Waals surface area contributed by atoms with Gasteiger partial charge in [-0.15, -0.1) is 12.4 Å². The van der Waals surface area contributed by atoms with Gasteiger partial charge >= 0.3 is 0 Å². The first-order valence-electron chi connectivity index (χ1n) is 8.93. The van der Waals surface area contributed by atoms with Gasteiger partial charge in [0, 0.05) is 12.6 Å². The number of carbonyl (C=O) groups is 1. The average molecular weight is 353 g/mol. The van der Waals surface area contributed by atoms with E-state index in [1.54, 1.807) is 0 Å². The number of ether oxygens (including phenoxy) is 1. The van der Waals surface area contributed by atoms with E-state index in [9.17, 15) is 4.79 Å². The Labute approximate surface area is 151 Å². The smallest absolute Gasteiger partial charge is 0.226 e. The lowest BCUT2D eigenvalue weighted by molar-refractivity contribution is -0.135. The summed E-state index contributed by atoms with van der Waals surface area (Å²) >= 11 is 0. The molecule has 1 amide bonds. The van der Waals surface area contributed by atoms with Crippen LogP contribution in [0.4, 0.5) is 0 Å². The topological polar surface area (TPSA) is 50.4 Å². The largest absolute Gasteiger partial charge is 0.373 e. The molecule has 0 aromatic heterocycles. The second-order valence-corrected chi connectivity index (χ2v) is 6.85. The number of hydrogen-bond acceptors (Lipinski definition) is 3. The van der Waals surface area contributed by atoms with Crippen molar-refractivity contribution in [1.29, 1.82) is 0 Å². The fourth-order valence-corrected chi connectivity index (χ4v) is 3.78. The predicted molar refractivity (Wildman–Crippen MR) is 98.3 cm³/mol. The molecule has 2 N–H and O–H groups in total. The molecule has 2 heterocycles. The molecule has 0 radical (unpaired) electrons. The number of nitrogens with one attached hydrogen (secondary N) is 2. The van der Waals surface area contributed by atoms with Crippen molar-refractivity contribution in [3.63, 3.8) is 0 Å². The van der Waals surface area contributed by atoms with Crippen LogP contribution < -0.4 is 10.6 Å². The molecule has 3 rings (SSSR count). The van der Waals surface area contributed by atoms with Crippen molar-refractivity contribution in [2.24, 2.45) is 11.8 Å². The molecule has 1 aromatic rings. The minimum Gasteiger partial charge on any atom is -0.373 e. The highest BCUT2D eigenvalue weighted by Crippen LogP contribution is 2.34. The van der Waals surface area contributed by atoms with E-state index in [4.69, 9.17) is 4.74 Å². The van der Waals surface area contributed by atoms with Gasteiger partial charge in [0.15, 0.2) is 0 Å². The van der Waals surface area contributed by atoms with Crippen molar-refractivity contribution in [1.82, 2.24) is 10.6 Å². The SMILES string of the molecule is CC(NC(=O)C1CCCOC1c1ccccc1)C1CCCNC1.Cl. The number of benzene rings is 1. The molecule has 2 saturated heterocycles. The van der Waals surface area contributed by atoms with Crippen LogP contribution in [-0.2, 0) is 9.53 Å². The molecule has 0 spiro atoms. The van der Waals surface area contributed by atoms with Crippen molar-refractivity contribution in [3.05, 3.63) is 35.9 Å². The van der Waals surface area contributed by atoms with Crippen LogP contribution in [0.15, 0.2) is 30.3 Å². The molecular formula is C19H29ClN2O2. The number of piperidine rings is 1. The van der Waals surface area contributed by atoms with Crippen molar-refractivity contribution >= 4 is 18.3 Å². The molecule has 5 heteroatoms. The van der Waals surface area contributed by atoms with Gasteiger partial charge in [-0.2, -0.15) is 0 Å². The van der Waals surface area contributed by atoms with E-state index in [1.165, 1.54) is 12.8 Å². The van der Waals surface area contributed by atoms with Crippen molar-refractivity contribution in [2.45, 2.75) is 44.8 Å². The molecule has 2 aliphatic heterocycles. The summed E-state index contributed by atoms with van der Waals surface area (Å²) in [6, 6.07) is 10.4. The van der Waals surface area contributed by atoms with E-state index in [2.05, 4.69) is 29.7 Å². The summed E-state index contributed by atoms with van der Waals surface area (Å²) in [5.41, 5.74) is 1.11. The normalized spacial score (nSPS) is 28.5. The molecule has 0 aliphatic carbocycles. The average Bonchev–Trinajstić information content (AvgIpc) is 2.63. The van der Waals surface area contributed by atoms with Crippen LogP contribution >= 0.6 is 12.4 Å². The Morgan fingerprint density at radius 3 is 2.75 bits per heavy atom. The monoisotopic (exact) mass is 352 g/mol. The summed E-state index contributed by atoms with van der Waals surface area (Å²) in [6.45, 7) is 4.98. The Morgan fingerprint density at radius 2 is 2.04 bits per heavy atom. The molecule has 4 unspecified atom stereocenters. The fourth-order valence-electron chi connectivity index (χ4n) is 3.78. The Hall–Kier alpha value is -1.10. The molecule has 4 nitrogen and oxygen atoms in total. The van der Waals surface area contributed by atoms with Gasteiger partial charge < -0.3 is 15.4 Å². The van der Waals surface area contributed by atoms with Crippen LogP contribution in [0.5, 0.6) is 0 Å². The highest BCUT2D eigenvalue weighted by Gasteiger charge is 2.34. The van der Waals surface area contributed by atoms with Crippen LogP contribution in [0.3, 0.4) is 0 Å². The molecule has 24 heavy (non-hydrogen) atoms. The van der Waals surface area contributed by atoms with E-state index < -0.39 is 0 Å². The van der Waals surface area contributed by atoms with Gasteiger partial charge in [-0.05, 0) is 57.2 Å². The van der Waals surface area contributed by atoms with Crippen molar-refractivity contribution in [2.75, 3.05) is 19.7 Å². The lowest BCUT2D eigenvalue weighted by Crippen LogP contribution is -2.47. The molecule has 0 bridgehead atoms. The van der Waals surface area contributed by atoms with Gasteiger partial charge in [0.25, 0.3) is 0 Å². The third-order valence-electron chi connectivity index (χ3n) is 5.20. The number of carbonyl (C=O) groups excluding carboxylic acids is 1. The van der Waals surface area contributed by atoms with Gasteiger partial charge in [-0.3, -0.25) is 4.79 Å². The highest BCUT2D eigenvalue weighted by atomic mass is 35.5. The Morgan fingerprint density at radius 1 is 1.25 bits per heavy atom. The summed E-state index contributed by atoms with van der Waals surface area (Å²) in [5, 5.41) is 6.69. The van der Waals surface area contributed by atoms with E-state index in [-0.39, 0.29) is 36.4 Å². The van der Waals surface area contributed by atoms with Gasteiger partial charge in [0.2, 0.25) is 5.91 Å². The quantitative estimate of drug-likeness (QED) is 0.875. The molecule has 4 atom stereocenters. The molecule has 134 valence electrons. The maximum absolute atomic E-state index is 12.8. The predicted octanol–water partition coefficient (Wildman–Crippen LogP) is 3.08. The van der Waals surface area contributed by atoms with E-state index >= 15 is 0 Å². The van der Waals surface area contributed by atoms with Crippen LogP contribution in [0.1, 0.15) is 44.3 Å². The Bertz CT molecular complexity index is 505. The fraction of sp³-hybridized carbons (Fsp3) is 0.632. The molecular weight excluding hydrogens is 324 g/mol. The van der Waals surface area contributed by atoms with Gasteiger partial charge in [-0.25, -0.2) is 0 Å². The summed E-state index contributed by atoms with van der Waals surface area (Å²) < 4.78 is 5.95. The number of rotatable bonds is 4. The number of hydrogen-bond donors (Lipinski definition) is 2. The first kappa shape index (κ1) is 19.2. The van der Waals surface area contributed by atoms with Crippen LogP contribution in [0, 0.1) is 11.8 Å². The third-order valence-corrected chi connectivity index (χ3v) is 5.20. The summed E-state index contributed by atoms with van der Waals surface area (Å²) in [5.74, 6) is 0.606. The molecule has 2 fully saturated rings. The standard InChI is InChI=1S/C19H28N2O2.ClH/c1-14(16-9-5-11-20-13-16)21-19(22)17-10-6-12-23-18(17)15-7-3-2-4-8-15;/h2-4,7-8,14,16-18,20H,5-6,9-13H2,1H3,(H,21,22);1H. The minimum absolute atomic E-state index is 0. The molecule has 1 aromatic carbocycles. The minimum atomic E-state index is -0.110. The van der Waals surface area contributed by atoms with Crippen LogP contribution in [0.25, 0.3) is 0 Å². The van der Waals surface area contributed by atoms with Crippen LogP contribution in [-0.4, -0.2) is 31.6 Å². The van der Waals surface area contributed by atoms with E-state index in [0.29, 0.717) is 5.92 Å². The van der Waals surface area contributed by atoms with Crippen molar-refractivity contribution < 1.29 is 9.53 Å². The lowest BCUT2D eigenvalue weighted by atomic mass is 9.87. The van der Waals surface area contributed by atoms with Crippen molar-refractivity contribution in [3.8, 4) is 0 Å². The maximum atomic E-state index is 12.8. The van der Waals surface area contributed by atoms with Gasteiger partial charge in [-0.1, -0.05) is 30.3 Å². The number of amides is 1. The Kier molecular flexibility index (Phi) is 7.53.